The fourth-order valence-corrected chi connectivity index (χ4v) is 2.62. The van der Waals surface area contributed by atoms with E-state index in [0.717, 1.165) is 24.2 Å². The number of aromatic nitrogens is 2. The van der Waals surface area contributed by atoms with E-state index in [1.54, 1.807) is 6.33 Å². The molecule has 1 aromatic heterocycles. The molecule has 1 saturated heterocycles. The Labute approximate surface area is 122 Å². The number of alkyl halides is 1. The van der Waals surface area contributed by atoms with Gasteiger partial charge in [0.2, 0.25) is 5.88 Å². The van der Waals surface area contributed by atoms with Crippen molar-refractivity contribution in [3.8, 4) is 5.88 Å². The van der Waals surface area contributed by atoms with Gasteiger partial charge in [-0.1, -0.05) is 15.9 Å². The zero-order valence-electron chi connectivity index (χ0n) is 11.6. The summed E-state index contributed by atoms with van der Waals surface area (Å²) in [7, 11) is 0. The molecule has 1 aliphatic heterocycles. The van der Waals surface area contributed by atoms with Gasteiger partial charge in [-0.15, -0.1) is 0 Å². The van der Waals surface area contributed by atoms with E-state index in [0.29, 0.717) is 12.5 Å². The summed E-state index contributed by atoms with van der Waals surface area (Å²) in [6.07, 6.45) is 1.71. The number of morpholine rings is 1. The van der Waals surface area contributed by atoms with Crippen LogP contribution in [-0.2, 0) is 4.74 Å². The molecule has 0 amide bonds. The van der Waals surface area contributed by atoms with E-state index < -0.39 is 0 Å². The molecule has 5 nitrogen and oxygen atoms in total. The number of ether oxygens (including phenoxy) is 2. The van der Waals surface area contributed by atoms with Crippen LogP contribution in [0, 0.1) is 0 Å². The number of hydrogen-bond acceptors (Lipinski definition) is 5. The van der Waals surface area contributed by atoms with E-state index in [1.165, 1.54) is 0 Å². The molecule has 1 aliphatic rings. The van der Waals surface area contributed by atoms with Crippen LogP contribution < -0.4 is 9.64 Å². The summed E-state index contributed by atoms with van der Waals surface area (Å²) >= 11 is 3.49. The first-order valence-electron chi connectivity index (χ1n) is 6.47. The van der Waals surface area contributed by atoms with Gasteiger partial charge in [-0.2, -0.15) is 0 Å². The minimum Gasteiger partial charge on any atom is -0.478 e. The predicted molar refractivity (Wildman–Crippen MR) is 78.2 cm³/mol. The van der Waals surface area contributed by atoms with Crippen LogP contribution in [0.2, 0.25) is 0 Å². The van der Waals surface area contributed by atoms with Crippen LogP contribution in [0.5, 0.6) is 5.88 Å². The highest BCUT2D eigenvalue weighted by atomic mass is 79.9. The lowest BCUT2D eigenvalue weighted by molar-refractivity contribution is -0.0726. The maximum absolute atomic E-state index is 5.99. The summed E-state index contributed by atoms with van der Waals surface area (Å²) in [6, 6.07) is 1.89. The molecular weight excluding hydrogens is 310 g/mol. The third-order valence-corrected chi connectivity index (χ3v) is 3.62. The number of nitrogens with zero attached hydrogens (tertiary/aromatic N) is 3. The van der Waals surface area contributed by atoms with Crippen LogP contribution in [0.15, 0.2) is 12.4 Å². The van der Waals surface area contributed by atoms with Gasteiger partial charge in [0, 0.05) is 24.5 Å². The molecular formula is C13H20BrN3O2. The monoisotopic (exact) mass is 329 g/mol. The second kappa shape index (κ2) is 6.05. The Hall–Kier alpha value is -0.880. The highest BCUT2D eigenvalue weighted by molar-refractivity contribution is 9.09. The molecule has 1 aromatic rings. The Morgan fingerprint density at radius 2 is 2.32 bits per heavy atom. The van der Waals surface area contributed by atoms with Crippen LogP contribution >= 0.6 is 15.9 Å². The number of hydrogen-bond donors (Lipinski definition) is 0. The minimum absolute atomic E-state index is 0.161. The predicted octanol–water partition coefficient (Wildman–Crippen LogP) is 2.25. The van der Waals surface area contributed by atoms with E-state index in [2.05, 4.69) is 44.6 Å². The quantitative estimate of drug-likeness (QED) is 0.793. The standard InChI is InChI=1S/C13H20BrN3O2/c1-4-18-12-5-11(15-9-16-12)17-7-10(6-14)19-13(2,3)8-17/h5,9-10H,4,6-8H2,1-3H3. The van der Waals surface area contributed by atoms with Crippen LogP contribution in [0.25, 0.3) is 0 Å². The van der Waals surface area contributed by atoms with E-state index in [-0.39, 0.29) is 11.7 Å². The van der Waals surface area contributed by atoms with Crippen molar-refractivity contribution in [2.75, 3.05) is 29.9 Å². The summed E-state index contributed by atoms with van der Waals surface area (Å²) in [5.74, 6) is 1.51. The van der Waals surface area contributed by atoms with E-state index in [9.17, 15) is 0 Å². The second-order valence-corrected chi connectivity index (χ2v) is 5.83. The van der Waals surface area contributed by atoms with Gasteiger partial charge in [-0.05, 0) is 20.8 Å². The normalized spacial score (nSPS) is 22.3. The second-order valence-electron chi connectivity index (χ2n) is 5.18. The van der Waals surface area contributed by atoms with Crippen molar-refractivity contribution < 1.29 is 9.47 Å². The van der Waals surface area contributed by atoms with Crippen LogP contribution in [0.3, 0.4) is 0 Å². The van der Waals surface area contributed by atoms with Crippen LogP contribution in [0.1, 0.15) is 20.8 Å². The maximum Gasteiger partial charge on any atom is 0.218 e. The van der Waals surface area contributed by atoms with Gasteiger partial charge in [0.25, 0.3) is 0 Å². The Balaban J connectivity index is 2.17. The molecule has 2 rings (SSSR count). The lowest BCUT2D eigenvalue weighted by Crippen LogP contribution is -2.53. The molecule has 106 valence electrons. The molecule has 1 atom stereocenters. The van der Waals surface area contributed by atoms with Gasteiger partial charge in [0.1, 0.15) is 12.1 Å². The minimum atomic E-state index is -0.187. The third kappa shape index (κ3) is 3.79. The lowest BCUT2D eigenvalue weighted by Gasteiger charge is -2.42. The number of rotatable bonds is 4. The van der Waals surface area contributed by atoms with Crippen molar-refractivity contribution in [1.82, 2.24) is 9.97 Å². The molecule has 0 N–H and O–H groups in total. The SMILES string of the molecule is CCOc1cc(N2CC(CBr)OC(C)(C)C2)ncn1. The topological polar surface area (TPSA) is 47.5 Å². The molecule has 0 bridgehead atoms. The summed E-state index contributed by atoms with van der Waals surface area (Å²) in [5.41, 5.74) is -0.187. The van der Waals surface area contributed by atoms with E-state index >= 15 is 0 Å². The number of anilines is 1. The van der Waals surface area contributed by atoms with Crippen LogP contribution in [-0.4, -0.2) is 46.7 Å². The van der Waals surface area contributed by atoms with Crippen molar-refractivity contribution in [1.29, 1.82) is 0 Å². The Bertz CT molecular complexity index is 428. The molecule has 6 heteroatoms. The van der Waals surface area contributed by atoms with Gasteiger partial charge in [-0.25, -0.2) is 9.97 Å². The zero-order chi connectivity index (χ0) is 13.9. The zero-order valence-corrected chi connectivity index (χ0v) is 13.2. The smallest absolute Gasteiger partial charge is 0.218 e. The van der Waals surface area contributed by atoms with Crippen molar-refractivity contribution in [2.45, 2.75) is 32.5 Å². The highest BCUT2D eigenvalue weighted by Gasteiger charge is 2.33. The molecule has 0 aromatic carbocycles. The third-order valence-electron chi connectivity index (χ3n) is 2.90. The molecule has 1 unspecified atom stereocenters. The summed E-state index contributed by atoms with van der Waals surface area (Å²) < 4.78 is 11.4. The molecule has 0 spiro atoms. The molecule has 19 heavy (non-hydrogen) atoms. The van der Waals surface area contributed by atoms with Crippen molar-refractivity contribution in [2.24, 2.45) is 0 Å². The summed E-state index contributed by atoms with van der Waals surface area (Å²) in [5, 5.41) is 0.816. The van der Waals surface area contributed by atoms with Gasteiger partial charge in [-0.3, -0.25) is 0 Å². The Morgan fingerprint density at radius 1 is 1.53 bits per heavy atom. The van der Waals surface area contributed by atoms with Gasteiger partial charge >= 0.3 is 0 Å². The first kappa shape index (κ1) is 14.5. The van der Waals surface area contributed by atoms with Gasteiger partial charge in [0.05, 0.1) is 18.3 Å². The Kier molecular flexibility index (Phi) is 4.62. The van der Waals surface area contributed by atoms with E-state index in [1.807, 2.05) is 13.0 Å². The van der Waals surface area contributed by atoms with Crippen molar-refractivity contribution in [3.63, 3.8) is 0 Å². The van der Waals surface area contributed by atoms with Gasteiger partial charge < -0.3 is 14.4 Å². The van der Waals surface area contributed by atoms with Gasteiger partial charge in [0.15, 0.2) is 0 Å². The summed E-state index contributed by atoms with van der Waals surface area (Å²) in [4.78, 5) is 10.7. The van der Waals surface area contributed by atoms with Crippen molar-refractivity contribution >= 4 is 21.7 Å². The maximum atomic E-state index is 5.99. The molecule has 2 heterocycles. The average Bonchev–Trinajstić information content (AvgIpc) is 2.37. The Morgan fingerprint density at radius 3 is 3.00 bits per heavy atom. The van der Waals surface area contributed by atoms with E-state index in [4.69, 9.17) is 9.47 Å². The molecule has 1 fully saturated rings. The first-order valence-corrected chi connectivity index (χ1v) is 7.60. The van der Waals surface area contributed by atoms with Crippen LogP contribution in [0.4, 0.5) is 5.82 Å². The fourth-order valence-electron chi connectivity index (χ4n) is 2.28. The van der Waals surface area contributed by atoms with Crippen molar-refractivity contribution in [3.05, 3.63) is 12.4 Å². The average molecular weight is 330 g/mol. The lowest BCUT2D eigenvalue weighted by atomic mass is 10.1. The largest absolute Gasteiger partial charge is 0.478 e. The number of halogens is 1. The molecule has 0 aliphatic carbocycles. The molecule has 0 radical (unpaired) electrons. The fraction of sp³-hybridized carbons (Fsp3) is 0.692. The summed E-state index contributed by atoms with van der Waals surface area (Å²) in [6.45, 7) is 8.37. The first-order chi connectivity index (χ1) is 9.04. The highest BCUT2D eigenvalue weighted by Crippen LogP contribution is 2.26. The molecule has 0 saturated carbocycles.